The van der Waals surface area contributed by atoms with Gasteiger partial charge in [0.1, 0.15) is 0 Å². The van der Waals surface area contributed by atoms with Crippen molar-refractivity contribution in [1.29, 1.82) is 0 Å². The third-order valence-corrected chi connectivity index (χ3v) is 14.4. The lowest BCUT2D eigenvalue weighted by atomic mass is 9.99. The molecule has 0 saturated heterocycles. The van der Waals surface area contributed by atoms with Crippen LogP contribution in [0.4, 0.5) is 11.4 Å². The molecule has 11 rings (SSSR count). The molecule has 2 heterocycles. The first kappa shape index (κ1) is 43.4. The first-order valence-corrected chi connectivity index (χ1v) is 24.5. The Balaban J connectivity index is 0.000000689. The fourth-order valence-corrected chi connectivity index (χ4v) is 11.0. The molecule has 0 radical (unpaired) electrons. The number of hydrogen-bond acceptors (Lipinski definition) is 2. The third-order valence-electron chi connectivity index (χ3n) is 13.2. The van der Waals surface area contributed by atoms with Crippen LogP contribution in [0.3, 0.4) is 0 Å². The highest BCUT2D eigenvalue weighted by atomic mass is 32.1. The summed E-state index contributed by atoms with van der Waals surface area (Å²) < 4.78 is 5.13. The molecule has 0 fully saturated rings. The molecule has 0 bridgehead atoms. The zero-order chi connectivity index (χ0) is 45.9. The van der Waals surface area contributed by atoms with E-state index in [1.54, 1.807) is 0 Å². The predicted octanol–water partition coefficient (Wildman–Crippen LogP) is 19.1. The van der Waals surface area contributed by atoms with Crippen molar-refractivity contribution >= 4 is 76.3 Å². The average molecular weight is 885 g/mol. The van der Waals surface area contributed by atoms with Crippen molar-refractivity contribution in [2.45, 2.75) is 53.4 Å². The van der Waals surface area contributed by atoms with Crippen LogP contribution < -0.4 is 4.90 Å². The lowest BCUT2D eigenvalue weighted by Gasteiger charge is -2.26. The molecule has 0 saturated carbocycles. The number of thiophene rings is 1. The Labute approximate surface area is 399 Å². The van der Waals surface area contributed by atoms with Crippen molar-refractivity contribution in [3.63, 3.8) is 0 Å². The zero-order valence-electron chi connectivity index (χ0n) is 39.0. The molecular formula is C64H56N2S. The van der Waals surface area contributed by atoms with Crippen LogP contribution >= 0.6 is 11.3 Å². The van der Waals surface area contributed by atoms with E-state index in [0.29, 0.717) is 0 Å². The van der Waals surface area contributed by atoms with E-state index in [2.05, 4.69) is 244 Å². The van der Waals surface area contributed by atoms with Crippen LogP contribution in [0.15, 0.2) is 218 Å². The summed E-state index contributed by atoms with van der Waals surface area (Å²) in [5, 5.41) is 5.17. The number of hydrogen-bond donors (Lipinski definition) is 0. The van der Waals surface area contributed by atoms with Gasteiger partial charge in [0, 0.05) is 59.3 Å². The van der Waals surface area contributed by atoms with Crippen LogP contribution in [0.1, 0.15) is 63.1 Å². The fraction of sp³-hybridized carbons (Fsp3) is 0.125. The second kappa shape index (κ2) is 19.2. The summed E-state index contributed by atoms with van der Waals surface area (Å²) in [6, 6.07) is 53.9. The van der Waals surface area contributed by atoms with E-state index in [4.69, 9.17) is 0 Å². The van der Waals surface area contributed by atoms with E-state index in [1.165, 1.54) is 105 Å². The van der Waals surface area contributed by atoms with Crippen LogP contribution in [0.25, 0.3) is 81.6 Å². The first-order valence-electron chi connectivity index (χ1n) is 23.7. The summed E-state index contributed by atoms with van der Waals surface area (Å²) in [4.78, 5) is 2.27. The lowest BCUT2D eigenvalue weighted by molar-refractivity contribution is 1.02. The monoisotopic (exact) mass is 884 g/mol. The summed E-state index contributed by atoms with van der Waals surface area (Å²) in [6.07, 6.45) is 26.6. The van der Waals surface area contributed by atoms with Gasteiger partial charge < -0.3 is 9.47 Å². The highest BCUT2D eigenvalue weighted by Gasteiger charge is 2.19. The molecule has 0 N–H and O–H groups in total. The van der Waals surface area contributed by atoms with E-state index in [9.17, 15) is 0 Å². The standard InChI is InChI=1S/C57H46N2S.C7H10/c1-5-14-48-38(4)21-35-51-53-37-43(49-18-13-19-52-50-17-11-12-20-55(50)60-57(49)52)28-36-54(53)59(56(48)51)47-33-26-42(27-34-47)41-24-31-46(32-25-41)58(44(6-2)7-3)45-29-22-40(23-30-45)39-15-9-8-10-16-39;1-7-5-3-2-4-6-7/h5-7,9,11-37H,2,8,10H2,1,3-4H3;3,5-6H,2,4H2,1H3/b14-5-,44-7+;. The van der Waals surface area contributed by atoms with E-state index in [1.807, 2.05) is 17.4 Å². The minimum absolute atomic E-state index is 1.04. The summed E-state index contributed by atoms with van der Waals surface area (Å²) in [7, 11) is 0. The molecule has 3 heteroatoms. The van der Waals surface area contributed by atoms with Crippen LogP contribution in [0.2, 0.25) is 0 Å². The molecule has 328 valence electrons. The van der Waals surface area contributed by atoms with E-state index in [0.717, 1.165) is 35.6 Å². The number of rotatable bonds is 9. The van der Waals surface area contributed by atoms with Gasteiger partial charge in [-0.15, -0.1) is 11.3 Å². The fourth-order valence-electron chi connectivity index (χ4n) is 9.79. The average Bonchev–Trinajstić information content (AvgIpc) is 3.93. The van der Waals surface area contributed by atoms with Gasteiger partial charge in [-0.25, -0.2) is 0 Å². The van der Waals surface area contributed by atoms with Crippen LogP contribution in [-0.2, 0) is 0 Å². The molecule has 9 aromatic rings. The van der Waals surface area contributed by atoms with Crippen molar-refractivity contribution in [2.75, 3.05) is 4.90 Å². The zero-order valence-corrected chi connectivity index (χ0v) is 39.8. The highest BCUT2D eigenvalue weighted by Crippen LogP contribution is 2.43. The van der Waals surface area contributed by atoms with Gasteiger partial charge in [0.25, 0.3) is 0 Å². The molecule has 67 heavy (non-hydrogen) atoms. The predicted molar refractivity (Wildman–Crippen MR) is 295 cm³/mol. The quantitative estimate of drug-likeness (QED) is 0.131. The van der Waals surface area contributed by atoms with E-state index in [-0.39, 0.29) is 0 Å². The minimum atomic E-state index is 1.04. The van der Waals surface area contributed by atoms with Crippen molar-refractivity contribution in [3.8, 4) is 27.9 Å². The summed E-state index contributed by atoms with van der Waals surface area (Å²) in [5.74, 6) is 0. The minimum Gasteiger partial charge on any atom is -0.311 e. The Morgan fingerprint density at radius 1 is 0.612 bits per heavy atom. The van der Waals surface area contributed by atoms with E-state index < -0.39 is 0 Å². The lowest BCUT2D eigenvalue weighted by Crippen LogP contribution is -2.14. The number of fused-ring (bicyclic) bond motifs is 6. The second-order valence-corrected chi connectivity index (χ2v) is 18.6. The Hall–Kier alpha value is -7.46. The smallest absolute Gasteiger partial charge is 0.0615 e. The van der Waals surface area contributed by atoms with Gasteiger partial charge in [-0.2, -0.15) is 0 Å². The van der Waals surface area contributed by atoms with Gasteiger partial charge in [0.2, 0.25) is 0 Å². The summed E-state index contributed by atoms with van der Waals surface area (Å²) >= 11 is 1.89. The molecule has 7 aromatic carbocycles. The van der Waals surface area contributed by atoms with Crippen LogP contribution in [-0.4, -0.2) is 4.57 Å². The SMILES string of the molecule is C=C/C(=C\C)N(c1ccc(C2=CCCC=C2)cc1)c1ccc(-c2ccc(-n3c4ccc(-c5cccc6c5sc5ccccc56)cc4c4ccc(C)c(/C=C\C)c43)cc2)cc1.CC1=CCCC=C1. The first-order chi connectivity index (χ1) is 32.9. The number of nitrogens with zero attached hydrogens (tertiary/aromatic N) is 2. The largest absolute Gasteiger partial charge is 0.311 e. The number of anilines is 2. The Morgan fingerprint density at radius 3 is 1.93 bits per heavy atom. The highest BCUT2D eigenvalue weighted by molar-refractivity contribution is 7.26. The molecule has 2 aromatic heterocycles. The maximum atomic E-state index is 4.15. The third kappa shape index (κ3) is 8.48. The van der Waals surface area contributed by atoms with Gasteiger partial charge in [-0.3, -0.25) is 0 Å². The molecule has 0 spiro atoms. The van der Waals surface area contributed by atoms with E-state index >= 15 is 0 Å². The van der Waals surface area contributed by atoms with Crippen LogP contribution in [0, 0.1) is 6.92 Å². The molecule has 2 aliphatic rings. The van der Waals surface area contributed by atoms with Crippen molar-refractivity contribution < 1.29 is 0 Å². The molecule has 2 aliphatic carbocycles. The van der Waals surface area contributed by atoms with Gasteiger partial charge in [-0.05, 0) is 153 Å². The number of aromatic nitrogens is 1. The molecule has 0 unspecified atom stereocenters. The Kier molecular flexibility index (Phi) is 12.4. The number of allylic oxidation sites excluding steroid dienone is 11. The second-order valence-electron chi connectivity index (χ2n) is 17.5. The Bertz CT molecular complexity index is 3490. The van der Waals surface area contributed by atoms with Crippen molar-refractivity contribution in [2.24, 2.45) is 0 Å². The van der Waals surface area contributed by atoms with Gasteiger partial charge in [0.05, 0.1) is 11.0 Å². The molecule has 0 atom stereocenters. The molecule has 0 amide bonds. The summed E-state index contributed by atoms with van der Waals surface area (Å²) in [6.45, 7) is 12.7. The van der Waals surface area contributed by atoms with Crippen LogP contribution in [0.5, 0.6) is 0 Å². The van der Waals surface area contributed by atoms with Gasteiger partial charge >= 0.3 is 0 Å². The number of benzene rings is 7. The normalized spacial score (nSPS) is 13.9. The summed E-state index contributed by atoms with van der Waals surface area (Å²) in [5.41, 5.74) is 18.1. The van der Waals surface area contributed by atoms with Gasteiger partial charge in [-0.1, -0.05) is 158 Å². The molecular weight excluding hydrogens is 829 g/mol. The Morgan fingerprint density at radius 2 is 1.28 bits per heavy atom. The number of aryl methyl sites for hydroxylation is 1. The maximum absolute atomic E-state index is 4.15. The molecule has 0 aliphatic heterocycles. The van der Waals surface area contributed by atoms with Crippen molar-refractivity contribution in [1.82, 2.24) is 4.57 Å². The maximum Gasteiger partial charge on any atom is 0.0615 e. The molecule has 2 nitrogen and oxygen atoms in total. The van der Waals surface area contributed by atoms with Crippen molar-refractivity contribution in [3.05, 3.63) is 235 Å². The van der Waals surface area contributed by atoms with Gasteiger partial charge in [0.15, 0.2) is 0 Å². The topological polar surface area (TPSA) is 8.17 Å².